The van der Waals surface area contributed by atoms with Crippen LogP contribution in [-0.4, -0.2) is 43.0 Å². The molecule has 0 atom stereocenters. The van der Waals surface area contributed by atoms with E-state index in [1.54, 1.807) is 18.4 Å². The number of benzene rings is 1. The zero-order chi connectivity index (χ0) is 20.8. The Morgan fingerprint density at radius 1 is 1.31 bits per heavy atom. The van der Waals surface area contributed by atoms with Crippen LogP contribution in [0, 0.1) is 6.92 Å². The molecule has 1 aromatic carbocycles. The maximum absolute atomic E-state index is 12.6. The lowest BCUT2D eigenvalue weighted by Crippen LogP contribution is -2.45. The molecule has 0 saturated carbocycles. The second-order valence-electron chi connectivity index (χ2n) is 7.49. The molecule has 0 fully saturated rings. The Labute approximate surface area is 177 Å². The fourth-order valence-corrected chi connectivity index (χ4v) is 4.19. The number of amides is 1. The summed E-state index contributed by atoms with van der Waals surface area (Å²) in [5.41, 5.74) is 3.49. The van der Waals surface area contributed by atoms with Gasteiger partial charge in [-0.05, 0) is 55.8 Å². The number of hydrogen-bond acceptors (Lipinski definition) is 4. The van der Waals surface area contributed by atoms with Crippen LogP contribution in [0.5, 0.6) is 5.75 Å². The van der Waals surface area contributed by atoms with Crippen LogP contribution in [0.2, 0.25) is 0 Å². The molecule has 0 aliphatic carbocycles. The predicted molar refractivity (Wildman–Crippen MR) is 119 cm³/mol. The number of carbonyl (C=O) groups is 1. The van der Waals surface area contributed by atoms with Crippen LogP contribution in [0.1, 0.15) is 35.4 Å². The van der Waals surface area contributed by atoms with E-state index in [2.05, 4.69) is 46.1 Å². The van der Waals surface area contributed by atoms with Gasteiger partial charge in [0.15, 0.2) is 5.96 Å². The zero-order valence-corrected chi connectivity index (χ0v) is 18.4. The lowest BCUT2D eigenvalue weighted by Gasteiger charge is -2.27. The summed E-state index contributed by atoms with van der Waals surface area (Å²) in [5, 5.41) is 8.52. The third kappa shape index (κ3) is 5.73. The van der Waals surface area contributed by atoms with E-state index in [4.69, 9.17) is 4.74 Å². The summed E-state index contributed by atoms with van der Waals surface area (Å²) < 4.78 is 5.93. The first kappa shape index (κ1) is 21.2. The molecular formula is C22H30N4O2S. The summed E-state index contributed by atoms with van der Waals surface area (Å²) in [6.45, 7) is 8.36. The standard InChI is InChI=1S/C22H30N4O2S/c1-15(2)28-19-11-16(3)5-6-17(19)12-24-22(23-4)25-13-21(27)26-9-7-20-18(14-26)8-10-29-20/h5-6,8,10-11,15H,7,9,12-14H2,1-4H3,(H2,23,24,25). The van der Waals surface area contributed by atoms with Crippen molar-refractivity contribution in [2.75, 3.05) is 20.1 Å². The maximum atomic E-state index is 12.6. The van der Waals surface area contributed by atoms with Gasteiger partial charge < -0.3 is 20.3 Å². The molecule has 2 heterocycles. The normalized spacial score (nSPS) is 14.0. The third-order valence-corrected chi connectivity index (χ3v) is 5.85. The largest absolute Gasteiger partial charge is 0.491 e. The molecule has 6 nitrogen and oxygen atoms in total. The molecule has 1 aliphatic rings. The Morgan fingerprint density at radius 2 is 2.14 bits per heavy atom. The van der Waals surface area contributed by atoms with Crippen LogP contribution < -0.4 is 15.4 Å². The average Bonchev–Trinajstić information content (AvgIpc) is 3.16. The molecule has 2 N–H and O–H groups in total. The highest BCUT2D eigenvalue weighted by atomic mass is 32.1. The second kappa shape index (κ2) is 9.78. The van der Waals surface area contributed by atoms with Crippen LogP contribution in [0.15, 0.2) is 34.6 Å². The fourth-order valence-electron chi connectivity index (χ4n) is 3.30. The van der Waals surface area contributed by atoms with Gasteiger partial charge in [0.1, 0.15) is 5.75 Å². The maximum Gasteiger partial charge on any atom is 0.242 e. The average molecular weight is 415 g/mol. The van der Waals surface area contributed by atoms with Crippen LogP contribution in [-0.2, 0) is 24.3 Å². The van der Waals surface area contributed by atoms with Crippen molar-refractivity contribution in [3.63, 3.8) is 0 Å². The van der Waals surface area contributed by atoms with Crippen LogP contribution in [0.25, 0.3) is 0 Å². The minimum atomic E-state index is 0.0870. The number of thiophene rings is 1. The van der Waals surface area contributed by atoms with Crippen molar-refractivity contribution in [1.29, 1.82) is 0 Å². The number of guanidine groups is 1. The van der Waals surface area contributed by atoms with Gasteiger partial charge in [-0.2, -0.15) is 0 Å². The Kier molecular flexibility index (Phi) is 7.14. The number of nitrogens with one attached hydrogen (secondary N) is 2. The van der Waals surface area contributed by atoms with E-state index in [-0.39, 0.29) is 18.6 Å². The van der Waals surface area contributed by atoms with Crippen molar-refractivity contribution >= 4 is 23.2 Å². The first-order valence-electron chi connectivity index (χ1n) is 10.00. The molecule has 0 radical (unpaired) electrons. The number of rotatable bonds is 6. The summed E-state index contributed by atoms with van der Waals surface area (Å²) in [6.07, 6.45) is 1.05. The highest BCUT2D eigenvalue weighted by Gasteiger charge is 2.21. The van der Waals surface area contributed by atoms with Crippen LogP contribution >= 0.6 is 11.3 Å². The van der Waals surface area contributed by atoms with Crippen molar-refractivity contribution < 1.29 is 9.53 Å². The minimum absolute atomic E-state index is 0.0870. The van der Waals surface area contributed by atoms with Gasteiger partial charge in [0.05, 0.1) is 12.6 Å². The van der Waals surface area contributed by atoms with E-state index in [0.717, 1.165) is 29.8 Å². The van der Waals surface area contributed by atoms with Gasteiger partial charge in [0.25, 0.3) is 0 Å². The van der Waals surface area contributed by atoms with E-state index in [9.17, 15) is 4.79 Å². The van der Waals surface area contributed by atoms with Gasteiger partial charge in [0.2, 0.25) is 5.91 Å². The van der Waals surface area contributed by atoms with Crippen molar-refractivity contribution in [3.05, 3.63) is 51.2 Å². The number of aliphatic imine (C=N–C) groups is 1. The van der Waals surface area contributed by atoms with Gasteiger partial charge in [-0.3, -0.25) is 9.79 Å². The smallest absolute Gasteiger partial charge is 0.242 e. The van der Waals surface area contributed by atoms with Crippen LogP contribution in [0.4, 0.5) is 0 Å². The molecule has 0 unspecified atom stereocenters. The van der Waals surface area contributed by atoms with Gasteiger partial charge in [-0.25, -0.2) is 0 Å². The zero-order valence-electron chi connectivity index (χ0n) is 17.6. The molecular weight excluding hydrogens is 384 g/mol. The van der Waals surface area contributed by atoms with Gasteiger partial charge in [-0.15, -0.1) is 11.3 Å². The molecule has 29 heavy (non-hydrogen) atoms. The molecule has 0 bridgehead atoms. The molecule has 0 spiro atoms. The SMILES string of the molecule is CN=C(NCC(=O)N1CCc2sccc2C1)NCc1ccc(C)cc1OC(C)C. The summed E-state index contributed by atoms with van der Waals surface area (Å²) in [4.78, 5) is 20.1. The predicted octanol–water partition coefficient (Wildman–Crippen LogP) is 3.09. The van der Waals surface area contributed by atoms with E-state index >= 15 is 0 Å². The Bertz CT molecular complexity index is 875. The van der Waals surface area contributed by atoms with E-state index < -0.39 is 0 Å². The lowest BCUT2D eigenvalue weighted by atomic mass is 10.1. The molecule has 156 valence electrons. The summed E-state index contributed by atoms with van der Waals surface area (Å²) in [5.74, 6) is 1.56. The Hall–Kier alpha value is -2.54. The highest BCUT2D eigenvalue weighted by molar-refractivity contribution is 7.10. The number of aryl methyl sites for hydroxylation is 1. The van der Waals surface area contributed by atoms with Gasteiger partial charge in [-0.1, -0.05) is 12.1 Å². The quantitative estimate of drug-likeness (QED) is 0.563. The molecule has 1 aliphatic heterocycles. The monoisotopic (exact) mass is 414 g/mol. The Balaban J connectivity index is 1.52. The molecule has 2 aromatic rings. The fraction of sp³-hybridized carbons (Fsp3) is 0.455. The summed E-state index contributed by atoms with van der Waals surface area (Å²) in [7, 11) is 1.71. The number of carbonyl (C=O) groups excluding carboxylic acids is 1. The number of fused-ring (bicyclic) bond motifs is 1. The molecule has 3 rings (SSSR count). The topological polar surface area (TPSA) is 66.0 Å². The first-order chi connectivity index (χ1) is 14.0. The minimum Gasteiger partial charge on any atom is -0.491 e. The second-order valence-corrected chi connectivity index (χ2v) is 8.49. The highest BCUT2D eigenvalue weighted by Crippen LogP contribution is 2.24. The van der Waals surface area contributed by atoms with Crippen molar-refractivity contribution in [2.24, 2.45) is 4.99 Å². The number of nitrogens with zero attached hydrogens (tertiary/aromatic N) is 2. The van der Waals surface area contributed by atoms with Gasteiger partial charge >= 0.3 is 0 Å². The number of hydrogen-bond donors (Lipinski definition) is 2. The van der Waals surface area contributed by atoms with Crippen molar-refractivity contribution in [1.82, 2.24) is 15.5 Å². The summed E-state index contributed by atoms with van der Waals surface area (Å²) >= 11 is 1.78. The number of ether oxygens (including phenoxy) is 1. The molecule has 7 heteroatoms. The third-order valence-electron chi connectivity index (χ3n) is 4.82. The van der Waals surface area contributed by atoms with E-state index in [1.165, 1.54) is 10.4 Å². The molecule has 1 amide bonds. The van der Waals surface area contributed by atoms with Gasteiger partial charge in [0, 0.05) is 37.1 Å². The molecule has 0 saturated heterocycles. The Morgan fingerprint density at radius 3 is 2.90 bits per heavy atom. The van der Waals surface area contributed by atoms with E-state index in [1.807, 2.05) is 24.8 Å². The van der Waals surface area contributed by atoms with Crippen LogP contribution in [0.3, 0.4) is 0 Å². The summed E-state index contributed by atoms with van der Waals surface area (Å²) in [6, 6.07) is 8.29. The lowest BCUT2D eigenvalue weighted by molar-refractivity contribution is -0.130. The van der Waals surface area contributed by atoms with Crippen molar-refractivity contribution in [2.45, 2.75) is 46.4 Å². The van der Waals surface area contributed by atoms with E-state index in [0.29, 0.717) is 19.0 Å². The first-order valence-corrected chi connectivity index (χ1v) is 10.9. The van der Waals surface area contributed by atoms with Crippen molar-refractivity contribution in [3.8, 4) is 5.75 Å². The molecule has 1 aromatic heterocycles.